The molecule has 1 aromatic heterocycles. The lowest BCUT2D eigenvalue weighted by Gasteiger charge is -2.44. The summed E-state index contributed by atoms with van der Waals surface area (Å²) in [5, 5.41) is 3.35. The fourth-order valence-electron chi connectivity index (χ4n) is 5.40. The van der Waals surface area contributed by atoms with Gasteiger partial charge in [-0.3, -0.25) is 9.59 Å². The van der Waals surface area contributed by atoms with Crippen LogP contribution >= 0.6 is 11.8 Å². The molecule has 0 aliphatic carbocycles. The van der Waals surface area contributed by atoms with Crippen molar-refractivity contribution in [3.8, 4) is 0 Å². The fourth-order valence-corrected chi connectivity index (χ4v) is 6.30. The van der Waals surface area contributed by atoms with Crippen LogP contribution in [0.2, 0.25) is 0 Å². The first kappa shape index (κ1) is 35.9. The van der Waals surface area contributed by atoms with Gasteiger partial charge in [-0.2, -0.15) is 11.8 Å². The van der Waals surface area contributed by atoms with Crippen LogP contribution in [0.15, 0.2) is 6.20 Å². The van der Waals surface area contributed by atoms with Crippen LogP contribution in [0.4, 0.5) is 10.6 Å². The zero-order valence-electron chi connectivity index (χ0n) is 28.3. The van der Waals surface area contributed by atoms with Crippen molar-refractivity contribution in [3.05, 3.63) is 17.6 Å². The number of ether oxygens (including phenoxy) is 2. The predicted molar refractivity (Wildman–Crippen MR) is 175 cm³/mol. The zero-order valence-corrected chi connectivity index (χ0v) is 29.1. The lowest BCUT2D eigenvalue weighted by Crippen LogP contribution is -2.58. The van der Waals surface area contributed by atoms with Crippen LogP contribution in [-0.2, 0) is 19.7 Å². The molecular weight excluding hydrogens is 580 g/mol. The summed E-state index contributed by atoms with van der Waals surface area (Å²) < 4.78 is 11.0. The van der Waals surface area contributed by atoms with Crippen molar-refractivity contribution in [2.45, 2.75) is 85.3 Å². The maximum absolute atomic E-state index is 14.5. The summed E-state index contributed by atoms with van der Waals surface area (Å²) in [6, 6.07) is -0.386. The van der Waals surface area contributed by atoms with Gasteiger partial charge in [0.15, 0.2) is 0 Å². The van der Waals surface area contributed by atoms with Gasteiger partial charge >= 0.3 is 6.09 Å². The van der Waals surface area contributed by atoms with Crippen molar-refractivity contribution in [2.75, 3.05) is 69.8 Å². The summed E-state index contributed by atoms with van der Waals surface area (Å²) in [7, 11) is 1.66. The van der Waals surface area contributed by atoms with E-state index >= 15 is 0 Å². The average molecular weight is 635 g/mol. The van der Waals surface area contributed by atoms with Crippen LogP contribution < -0.4 is 5.32 Å². The number of anilines is 1. The van der Waals surface area contributed by atoms with Gasteiger partial charge in [0.2, 0.25) is 5.91 Å². The summed E-state index contributed by atoms with van der Waals surface area (Å²) in [4.78, 5) is 56.4. The SMILES string of the molecule is COCCCNc1nc(C(C)(C)C)ncc1C(=O)N(CC(C)C)[C@H]1C[C@@H](C(=O)N2CCSCC2)CN(C(=O)OC(C)(C)C)C1. The van der Waals surface area contributed by atoms with Gasteiger partial charge in [-0.15, -0.1) is 0 Å². The van der Waals surface area contributed by atoms with Gasteiger partial charge in [-0.25, -0.2) is 14.8 Å². The number of methoxy groups -OCH3 is 1. The van der Waals surface area contributed by atoms with E-state index in [-0.39, 0.29) is 42.3 Å². The van der Waals surface area contributed by atoms with E-state index in [9.17, 15) is 14.4 Å². The molecule has 2 atom stereocenters. The highest BCUT2D eigenvalue weighted by Crippen LogP contribution is 2.29. The summed E-state index contributed by atoms with van der Waals surface area (Å²) in [6.45, 7) is 19.3. The first-order valence-electron chi connectivity index (χ1n) is 15.9. The van der Waals surface area contributed by atoms with Crippen LogP contribution in [0, 0.1) is 11.8 Å². The van der Waals surface area contributed by atoms with Crippen LogP contribution in [0.3, 0.4) is 0 Å². The summed E-state index contributed by atoms with van der Waals surface area (Å²) in [6.07, 6.45) is 2.37. The predicted octanol–water partition coefficient (Wildman–Crippen LogP) is 4.52. The van der Waals surface area contributed by atoms with E-state index in [1.165, 1.54) is 0 Å². The molecule has 3 heterocycles. The standard InChI is InChI=1S/C32H54N6O5S/c1-22(2)19-38(28(40)25-18-34-29(31(3,4)5)35-26(25)33-11-10-14-42-9)24-17-23(27(39)36-12-15-44-16-13-36)20-37(21-24)30(41)43-32(6,7)8/h18,22-24H,10-17,19-21H2,1-9H3,(H,33,34,35)/t23-,24+/m1/s1. The van der Waals surface area contributed by atoms with Gasteiger partial charge in [0, 0.05) is 76.1 Å². The van der Waals surface area contributed by atoms with Crippen LogP contribution in [0.5, 0.6) is 0 Å². The Kier molecular flexibility index (Phi) is 12.7. The molecule has 12 heteroatoms. The normalized spacial score (nSPS) is 19.6. The van der Waals surface area contributed by atoms with Crippen molar-refractivity contribution in [1.82, 2.24) is 24.7 Å². The van der Waals surface area contributed by atoms with Crippen LogP contribution in [0.1, 0.15) is 84.4 Å². The average Bonchev–Trinajstić information content (AvgIpc) is 2.96. The molecule has 3 rings (SSSR count). The maximum atomic E-state index is 14.5. The Labute approximate surface area is 268 Å². The molecule has 248 valence electrons. The largest absolute Gasteiger partial charge is 0.444 e. The van der Waals surface area contributed by atoms with E-state index in [4.69, 9.17) is 14.5 Å². The molecular formula is C32H54N6O5S. The summed E-state index contributed by atoms with van der Waals surface area (Å²) >= 11 is 1.84. The van der Waals surface area contributed by atoms with E-state index in [1.807, 2.05) is 63.1 Å². The Morgan fingerprint density at radius 1 is 1.09 bits per heavy atom. The molecule has 1 N–H and O–H groups in total. The number of hydrogen-bond acceptors (Lipinski definition) is 9. The van der Waals surface area contributed by atoms with Gasteiger partial charge in [0.25, 0.3) is 5.91 Å². The third-order valence-electron chi connectivity index (χ3n) is 7.52. The second-order valence-corrected chi connectivity index (χ2v) is 15.5. The van der Waals surface area contributed by atoms with E-state index < -0.39 is 17.6 Å². The minimum atomic E-state index is -0.684. The molecule has 3 amide bonds. The number of rotatable bonds is 10. The molecule has 44 heavy (non-hydrogen) atoms. The molecule has 0 saturated carbocycles. The van der Waals surface area contributed by atoms with Crippen molar-refractivity contribution in [1.29, 1.82) is 0 Å². The highest BCUT2D eigenvalue weighted by Gasteiger charge is 2.41. The van der Waals surface area contributed by atoms with Crippen LogP contribution in [-0.4, -0.2) is 119 Å². The molecule has 0 radical (unpaired) electrons. The number of aromatic nitrogens is 2. The third kappa shape index (κ3) is 10.2. The highest BCUT2D eigenvalue weighted by molar-refractivity contribution is 7.99. The second-order valence-electron chi connectivity index (χ2n) is 14.2. The molecule has 0 unspecified atom stereocenters. The van der Waals surface area contributed by atoms with Gasteiger partial charge < -0.3 is 29.5 Å². The number of nitrogens with zero attached hydrogens (tertiary/aromatic N) is 5. The minimum Gasteiger partial charge on any atom is -0.444 e. The maximum Gasteiger partial charge on any atom is 0.410 e. The van der Waals surface area contributed by atoms with Crippen molar-refractivity contribution in [2.24, 2.45) is 11.8 Å². The summed E-state index contributed by atoms with van der Waals surface area (Å²) in [5.74, 6) is 2.47. The molecule has 2 aliphatic heterocycles. The molecule has 2 aliphatic rings. The third-order valence-corrected chi connectivity index (χ3v) is 8.47. The minimum absolute atomic E-state index is 0.0406. The Bertz CT molecular complexity index is 1130. The van der Waals surface area contributed by atoms with Crippen molar-refractivity contribution < 1.29 is 23.9 Å². The Hall–Kier alpha value is -2.60. The topological polar surface area (TPSA) is 117 Å². The summed E-state index contributed by atoms with van der Waals surface area (Å²) in [5.41, 5.74) is -0.613. The Balaban J connectivity index is 1.99. The van der Waals surface area contributed by atoms with Gasteiger partial charge in [0.1, 0.15) is 22.8 Å². The molecule has 0 bridgehead atoms. The smallest absolute Gasteiger partial charge is 0.410 e. The van der Waals surface area contributed by atoms with Gasteiger partial charge in [0.05, 0.1) is 12.0 Å². The number of thioether (sulfide) groups is 1. The van der Waals surface area contributed by atoms with Crippen molar-refractivity contribution >= 4 is 35.5 Å². The number of nitrogens with one attached hydrogen (secondary N) is 1. The van der Waals surface area contributed by atoms with Gasteiger partial charge in [-0.1, -0.05) is 34.6 Å². The molecule has 0 spiro atoms. The number of hydrogen-bond donors (Lipinski definition) is 1. The zero-order chi connectivity index (χ0) is 32.7. The molecule has 1 aromatic rings. The Morgan fingerprint density at radius 3 is 2.36 bits per heavy atom. The number of piperidine rings is 1. The monoisotopic (exact) mass is 634 g/mol. The first-order chi connectivity index (χ1) is 20.6. The highest BCUT2D eigenvalue weighted by atomic mass is 32.2. The Morgan fingerprint density at radius 2 is 1.77 bits per heavy atom. The lowest BCUT2D eigenvalue weighted by atomic mass is 9.91. The molecule has 11 nitrogen and oxygen atoms in total. The molecule has 2 saturated heterocycles. The lowest BCUT2D eigenvalue weighted by molar-refractivity contribution is -0.137. The second kappa shape index (κ2) is 15.6. The van der Waals surface area contributed by atoms with E-state index in [0.717, 1.165) is 17.9 Å². The number of amides is 3. The van der Waals surface area contributed by atoms with Gasteiger partial charge in [-0.05, 0) is 39.5 Å². The van der Waals surface area contributed by atoms with Crippen LogP contribution in [0.25, 0.3) is 0 Å². The number of carbonyl (C=O) groups excluding carboxylic acids is 3. The van der Waals surface area contributed by atoms with E-state index in [2.05, 4.69) is 24.1 Å². The van der Waals surface area contributed by atoms with E-state index in [0.29, 0.717) is 56.4 Å². The first-order valence-corrected chi connectivity index (χ1v) is 17.0. The molecule has 0 aromatic carbocycles. The van der Waals surface area contributed by atoms with E-state index in [1.54, 1.807) is 18.2 Å². The quantitative estimate of drug-likeness (QED) is 0.371. The molecule has 2 fully saturated rings. The fraction of sp³-hybridized carbons (Fsp3) is 0.781. The number of likely N-dealkylation sites (tertiary alicyclic amines) is 1. The van der Waals surface area contributed by atoms with Crippen molar-refractivity contribution in [3.63, 3.8) is 0 Å². The number of carbonyl (C=O) groups is 3.